The smallest absolute Gasteiger partial charge is 0.338 e. The Hall–Kier alpha value is -2.38. The van der Waals surface area contributed by atoms with Gasteiger partial charge in [0.1, 0.15) is 12.4 Å². The van der Waals surface area contributed by atoms with Gasteiger partial charge in [0.25, 0.3) is 0 Å². The van der Waals surface area contributed by atoms with Crippen LogP contribution in [0.25, 0.3) is 0 Å². The second kappa shape index (κ2) is 8.82. The number of carbonyl (C=O) groups excluding carboxylic acids is 1. The minimum atomic E-state index is -3.73. The number of likely N-dealkylation sites (N-methyl/N-ethyl adjacent to an activating group) is 1. The lowest BCUT2D eigenvalue weighted by molar-refractivity contribution is 0.0526. The van der Waals surface area contributed by atoms with Gasteiger partial charge in [0.05, 0.1) is 17.1 Å². The third-order valence-corrected chi connectivity index (χ3v) is 5.66. The van der Waals surface area contributed by atoms with Crippen molar-refractivity contribution in [1.82, 2.24) is 4.31 Å². The Kier molecular flexibility index (Phi) is 6.76. The van der Waals surface area contributed by atoms with Gasteiger partial charge in [0, 0.05) is 13.6 Å². The Morgan fingerprint density at radius 3 is 2.54 bits per heavy atom. The summed E-state index contributed by atoms with van der Waals surface area (Å²) in [6.07, 6.45) is 0. The van der Waals surface area contributed by atoms with Crippen LogP contribution in [0.4, 0.5) is 0 Å². The van der Waals surface area contributed by atoms with Crippen LogP contribution in [-0.2, 0) is 14.8 Å². The van der Waals surface area contributed by atoms with Crippen LogP contribution in [0, 0.1) is 6.92 Å². The molecule has 2 aromatic carbocycles. The molecule has 0 unspecified atom stereocenters. The summed E-state index contributed by atoms with van der Waals surface area (Å²) in [5, 5.41) is 0. The molecule has 0 aliphatic heterocycles. The molecule has 2 rings (SSSR count). The van der Waals surface area contributed by atoms with Gasteiger partial charge >= 0.3 is 5.97 Å². The van der Waals surface area contributed by atoms with Gasteiger partial charge < -0.3 is 9.47 Å². The van der Waals surface area contributed by atoms with Crippen LogP contribution >= 0.6 is 0 Å². The molecule has 26 heavy (non-hydrogen) atoms. The van der Waals surface area contributed by atoms with Crippen LogP contribution in [0.1, 0.15) is 22.8 Å². The number of carbonyl (C=O) groups is 1. The van der Waals surface area contributed by atoms with E-state index in [0.717, 1.165) is 11.3 Å². The molecule has 0 radical (unpaired) electrons. The van der Waals surface area contributed by atoms with Crippen LogP contribution in [-0.4, -0.2) is 45.5 Å². The highest BCUT2D eigenvalue weighted by Gasteiger charge is 2.22. The zero-order chi connectivity index (χ0) is 19.2. The van der Waals surface area contributed by atoms with Gasteiger partial charge in [0.15, 0.2) is 0 Å². The van der Waals surface area contributed by atoms with Crippen molar-refractivity contribution in [2.45, 2.75) is 18.7 Å². The van der Waals surface area contributed by atoms with Gasteiger partial charge in [0.2, 0.25) is 10.0 Å². The summed E-state index contributed by atoms with van der Waals surface area (Å²) in [4.78, 5) is 11.8. The summed E-state index contributed by atoms with van der Waals surface area (Å²) in [6, 6.07) is 13.4. The van der Waals surface area contributed by atoms with Crippen molar-refractivity contribution < 1.29 is 22.7 Å². The number of para-hydroxylation sites is 1. The van der Waals surface area contributed by atoms with Gasteiger partial charge in [-0.05, 0) is 43.7 Å². The average molecular weight is 377 g/mol. The Morgan fingerprint density at radius 2 is 1.85 bits per heavy atom. The largest absolute Gasteiger partial charge is 0.492 e. The number of rotatable bonds is 8. The first kappa shape index (κ1) is 19.9. The predicted molar refractivity (Wildman–Crippen MR) is 98.9 cm³/mol. The second-order valence-electron chi connectivity index (χ2n) is 5.69. The normalized spacial score (nSPS) is 11.4. The maximum absolute atomic E-state index is 12.7. The maximum Gasteiger partial charge on any atom is 0.338 e. The van der Waals surface area contributed by atoms with E-state index in [9.17, 15) is 13.2 Å². The standard InChI is InChI=1S/C19H23NO5S/c1-4-24-19(21)16-9-7-10-17(14-16)26(22,23)20(3)12-13-25-18-11-6-5-8-15(18)2/h5-11,14H,4,12-13H2,1-3H3. The lowest BCUT2D eigenvalue weighted by atomic mass is 10.2. The van der Waals surface area contributed by atoms with E-state index < -0.39 is 16.0 Å². The first-order valence-electron chi connectivity index (χ1n) is 8.28. The molecule has 0 saturated heterocycles. The van der Waals surface area contributed by atoms with E-state index >= 15 is 0 Å². The number of hydrogen-bond donors (Lipinski definition) is 0. The number of nitrogens with zero attached hydrogens (tertiary/aromatic N) is 1. The monoisotopic (exact) mass is 377 g/mol. The summed E-state index contributed by atoms with van der Waals surface area (Å²) in [5.41, 5.74) is 1.19. The van der Waals surface area contributed by atoms with Crippen molar-refractivity contribution in [2.75, 3.05) is 26.8 Å². The predicted octanol–water partition coefficient (Wildman–Crippen LogP) is 2.87. The summed E-state index contributed by atoms with van der Waals surface area (Å²) in [5.74, 6) is 0.178. The van der Waals surface area contributed by atoms with E-state index in [1.807, 2.05) is 31.2 Å². The molecular formula is C19H23NO5S. The summed E-state index contributed by atoms with van der Waals surface area (Å²) in [7, 11) is -2.25. The fourth-order valence-electron chi connectivity index (χ4n) is 2.30. The Bertz CT molecular complexity index is 864. The van der Waals surface area contributed by atoms with Crippen molar-refractivity contribution in [2.24, 2.45) is 0 Å². The molecule has 0 bridgehead atoms. The van der Waals surface area contributed by atoms with Crippen molar-refractivity contribution in [3.8, 4) is 5.75 Å². The number of benzene rings is 2. The first-order chi connectivity index (χ1) is 12.4. The molecule has 7 heteroatoms. The third-order valence-electron chi connectivity index (χ3n) is 3.81. The molecule has 0 spiro atoms. The Balaban J connectivity index is 2.05. The topological polar surface area (TPSA) is 72.9 Å². The number of sulfonamides is 1. The molecule has 0 amide bonds. The van der Waals surface area contributed by atoms with Crippen molar-refractivity contribution in [1.29, 1.82) is 0 Å². The van der Waals surface area contributed by atoms with Crippen LogP contribution in [0.3, 0.4) is 0 Å². The van der Waals surface area contributed by atoms with Crippen LogP contribution in [0.2, 0.25) is 0 Å². The fraction of sp³-hybridized carbons (Fsp3) is 0.316. The molecule has 0 aromatic heterocycles. The molecular weight excluding hydrogens is 354 g/mol. The van der Waals surface area contributed by atoms with E-state index in [1.165, 1.54) is 35.6 Å². The van der Waals surface area contributed by atoms with E-state index in [0.29, 0.717) is 0 Å². The lowest BCUT2D eigenvalue weighted by Crippen LogP contribution is -2.31. The van der Waals surface area contributed by atoms with Gasteiger partial charge in [-0.1, -0.05) is 24.3 Å². The average Bonchev–Trinajstić information content (AvgIpc) is 2.63. The minimum absolute atomic E-state index is 0.0430. The number of aryl methyl sites for hydroxylation is 1. The van der Waals surface area contributed by atoms with Gasteiger partial charge in [-0.25, -0.2) is 13.2 Å². The second-order valence-corrected chi connectivity index (χ2v) is 7.73. The van der Waals surface area contributed by atoms with E-state index in [1.54, 1.807) is 6.92 Å². The Morgan fingerprint density at radius 1 is 1.12 bits per heavy atom. The molecule has 0 saturated carbocycles. The number of hydrogen-bond acceptors (Lipinski definition) is 5. The molecule has 6 nitrogen and oxygen atoms in total. The highest BCUT2D eigenvalue weighted by Crippen LogP contribution is 2.18. The SMILES string of the molecule is CCOC(=O)c1cccc(S(=O)(=O)N(C)CCOc2ccccc2C)c1. The summed E-state index contributed by atoms with van der Waals surface area (Å²) >= 11 is 0. The van der Waals surface area contributed by atoms with Crippen LogP contribution in [0.5, 0.6) is 5.75 Å². The quantitative estimate of drug-likeness (QED) is 0.662. The number of esters is 1. The van der Waals surface area contributed by atoms with Crippen molar-refractivity contribution in [3.63, 3.8) is 0 Å². The van der Waals surface area contributed by atoms with Crippen LogP contribution in [0.15, 0.2) is 53.4 Å². The van der Waals surface area contributed by atoms with Gasteiger partial charge in [-0.15, -0.1) is 0 Å². The summed E-state index contributed by atoms with van der Waals surface area (Å²) < 4.78 is 37.2. The molecule has 2 aromatic rings. The first-order valence-corrected chi connectivity index (χ1v) is 9.72. The Labute approximate surface area is 154 Å². The molecule has 0 aliphatic rings. The molecule has 140 valence electrons. The molecule has 0 fully saturated rings. The molecule has 0 heterocycles. The highest BCUT2D eigenvalue weighted by molar-refractivity contribution is 7.89. The van der Waals surface area contributed by atoms with Crippen molar-refractivity contribution in [3.05, 3.63) is 59.7 Å². The van der Waals surface area contributed by atoms with E-state index in [2.05, 4.69) is 0 Å². The summed E-state index contributed by atoms with van der Waals surface area (Å²) in [6.45, 7) is 4.25. The molecule has 0 N–H and O–H groups in total. The minimum Gasteiger partial charge on any atom is -0.492 e. The zero-order valence-corrected chi connectivity index (χ0v) is 16.0. The fourth-order valence-corrected chi connectivity index (χ4v) is 3.50. The third kappa shape index (κ3) is 4.83. The van der Waals surface area contributed by atoms with Gasteiger partial charge in [-0.3, -0.25) is 0 Å². The van der Waals surface area contributed by atoms with Gasteiger partial charge in [-0.2, -0.15) is 4.31 Å². The zero-order valence-electron chi connectivity index (χ0n) is 15.1. The molecule has 0 aliphatic carbocycles. The van der Waals surface area contributed by atoms with Crippen LogP contribution < -0.4 is 4.74 Å². The highest BCUT2D eigenvalue weighted by atomic mass is 32.2. The van der Waals surface area contributed by atoms with Crippen molar-refractivity contribution >= 4 is 16.0 Å². The maximum atomic E-state index is 12.7. The number of ether oxygens (including phenoxy) is 2. The van der Waals surface area contributed by atoms with E-state index in [4.69, 9.17) is 9.47 Å². The van der Waals surface area contributed by atoms with E-state index in [-0.39, 0.29) is 30.2 Å². The lowest BCUT2D eigenvalue weighted by Gasteiger charge is -2.18. The molecule has 0 atom stereocenters.